The third-order valence-corrected chi connectivity index (χ3v) is 5.03. The zero-order valence-corrected chi connectivity index (χ0v) is 11.4. The Morgan fingerprint density at radius 3 is 2.35 bits per heavy atom. The van der Waals surface area contributed by atoms with Crippen LogP contribution in [0.5, 0.6) is 0 Å². The number of Topliss-reactive ketones (excluding diaryl/α,β-unsaturated/α-hetero) is 1. The minimum absolute atomic E-state index is 0.427. The van der Waals surface area contributed by atoms with Gasteiger partial charge in [0, 0.05) is 12.3 Å². The summed E-state index contributed by atoms with van der Waals surface area (Å²) in [6, 6.07) is 0. The van der Waals surface area contributed by atoms with Gasteiger partial charge in [-0.05, 0) is 24.7 Å². The molecular formula is C16H28O. The van der Waals surface area contributed by atoms with Crippen LogP contribution in [0, 0.1) is 17.8 Å². The second-order valence-corrected chi connectivity index (χ2v) is 6.31. The third kappa shape index (κ3) is 3.82. The van der Waals surface area contributed by atoms with Crippen molar-refractivity contribution in [1.82, 2.24) is 0 Å². The standard InChI is InChI=1S/C16H28O/c1-2-13-9-6-10-15(11-13)16(17)12-14-7-4-3-5-8-14/h13-15H,2-12H2,1H3. The predicted molar refractivity (Wildman–Crippen MR) is 71.9 cm³/mol. The second kappa shape index (κ2) is 6.56. The quantitative estimate of drug-likeness (QED) is 0.689. The summed E-state index contributed by atoms with van der Waals surface area (Å²) < 4.78 is 0. The number of ketones is 1. The number of carbonyl (C=O) groups excluding carboxylic acids is 1. The molecule has 2 rings (SSSR count). The van der Waals surface area contributed by atoms with E-state index in [1.54, 1.807) is 0 Å². The fraction of sp³-hybridized carbons (Fsp3) is 0.938. The van der Waals surface area contributed by atoms with Crippen LogP contribution in [0.15, 0.2) is 0 Å². The third-order valence-electron chi connectivity index (χ3n) is 5.03. The van der Waals surface area contributed by atoms with Crippen LogP contribution in [0.3, 0.4) is 0 Å². The maximum atomic E-state index is 12.3. The van der Waals surface area contributed by atoms with Gasteiger partial charge in [0.15, 0.2) is 0 Å². The minimum atomic E-state index is 0.427. The van der Waals surface area contributed by atoms with Crippen molar-refractivity contribution in [3.8, 4) is 0 Å². The van der Waals surface area contributed by atoms with Gasteiger partial charge in [-0.3, -0.25) is 4.79 Å². The molecule has 0 heterocycles. The van der Waals surface area contributed by atoms with Crippen molar-refractivity contribution in [2.75, 3.05) is 0 Å². The first kappa shape index (κ1) is 13.1. The fourth-order valence-corrected chi connectivity index (χ4v) is 3.80. The molecule has 0 aromatic heterocycles. The number of rotatable bonds is 4. The molecule has 98 valence electrons. The van der Waals surface area contributed by atoms with E-state index in [0.717, 1.165) is 18.3 Å². The number of hydrogen-bond acceptors (Lipinski definition) is 1. The van der Waals surface area contributed by atoms with Gasteiger partial charge in [-0.2, -0.15) is 0 Å². The van der Waals surface area contributed by atoms with E-state index < -0.39 is 0 Å². The highest BCUT2D eigenvalue weighted by atomic mass is 16.1. The van der Waals surface area contributed by atoms with Crippen molar-refractivity contribution in [3.63, 3.8) is 0 Å². The molecule has 17 heavy (non-hydrogen) atoms. The van der Waals surface area contributed by atoms with Crippen molar-refractivity contribution < 1.29 is 4.79 Å². The van der Waals surface area contributed by atoms with E-state index in [-0.39, 0.29) is 0 Å². The molecule has 0 spiro atoms. The largest absolute Gasteiger partial charge is 0.299 e. The molecule has 2 atom stereocenters. The van der Waals surface area contributed by atoms with Gasteiger partial charge in [0.05, 0.1) is 0 Å². The highest BCUT2D eigenvalue weighted by molar-refractivity contribution is 5.81. The van der Waals surface area contributed by atoms with E-state index in [9.17, 15) is 4.79 Å². The van der Waals surface area contributed by atoms with Crippen LogP contribution in [0.25, 0.3) is 0 Å². The van der Waals surface area contributed by atoms with E-state index in [1.165, 1.54) is 64.2 Å². The SMILES string of the molecule is CCC1CCCC(C(=O)CC2CCCCC2)C1. The first-order valence-corrected chi connectivity index (χ1v) is 7.82. The monoisotopic (exact) mass is 236 g/mol. The van der Waals surface area contributed by atoms with Gasteiger partial charge in [-0.1, -0.05) is 58.3 Å². The van der Waals surface area contributed by atoms with Crippen LogP contribution >= 0.6 is 0 Å². The molecule has 0 N–H and O–H groups in total. The summed E-state index contributed by atoms with van der Waals surface area (Å²) >= 11 is 0. The molecule has 0 saturated heterocycles. The molecule has 2 aliphatic carbocycles. The van der Waals surface area contributed by atoms with Crippen molar-refractivity contribution in [2.24, 2.45) is 17.8 Å². The molecule has 2 saturated carbocycles. The van der Waals surface area contributed by atoms with Crippen LogP contribution in [0.2, 0.25) is 0 Å². The van der Waals surface area contributed by atoms with Crippen molar-refractivity contribution in [2.45, 2.75) is 77.6 Å². The maximum Gasteiger partial charge on any atom is 0.136 e. The molecule has 0 bridgehead atoms. The van der Waals surface area contributed by atoms with Gasteiger partial charge in [0.25, 0.3) is 0 Å². The highest BCUT2D eigenvalue weighted by Crippen LogP contribution is 2.34. The molecule has 0 radical (unpaired) electrons. The van der Waals surface area contributed by atoms with Gasteiger partial charge in [0.1, 0.15) is 5.78 Å². The Morgan fingerprint density at radius 2 is 1.65 bits per heavy atom. The molecule has 0 aliphatic heterocycles. The number of carbonyl (C=O) groups is 1. The summed E-state index contributed by atoms with van der Waals surface area (Å²) in [6.45, 7) is 2.28. The van der Waals surface area contributed by atoms with Gasteiger partial charge < -0.3 is 0 Å². The van der Waals surface area contributed by atoms with Crippen LogP contribution in [-0.4, -0.2) is 5.78 Å². The Labute approximate surface area is 106 Å². The molecule has 2 fully saturated rings. The average Bonchev–Trinajstić information content (AvgIpc) is 2.40. The first-order chi connectivity index (χ1) is 8.29. The zero-order valence-electron chi connectivity index (χ0n) is 11.4. The summed E-state index contributed by atoms with van der Waals surface area (Å²) in [4.78, 5) is 12.3. The Balaban J connectivity index is 1.78. The van der Waals surface area contributed by atoms with Gasteiger partial charge >= 0.3 is 0 Å². The maximum absolute atomic E-state index is 12.3. The Kier molecular flexibility index (Phi) is 5.06. The highest BCUT2D eigenvalue weighted by Gasteiger charge is 2.28. The lowest BCUT2D eigenvalue weighted by molar-refractivity contribution is -0.125. The lowest BCUT2D eigenvalue weighted by Crippen LogP contribution is -2.25. The Morgan fingerprint density at radius 1 is 0.941 bits per heavy atom. The summed E-state index contributed by atoms with van der Waals surface area (Å²) in [6.07, 6.45) is 14.0. The summed E-state index contributed by atoms with van der Waals surface area (Å²) in [7, 11) is 0. The van der Waals surface area contributed by atoms with Gasteiger partial charge in [-0.15, -0.1) is 0 Å². The van der Waals surface area contributed by atoms with E-state index in [4.69, 9.17) is 0 Å². The molecular weight excluding hydrogens is 208 g/mol. The van der Waals surface area contributed by atoms with E-state index in [2.05, 4.69) is 6.92 Å². The molecule has 0 aromatic rings. The molecule has 0 aromatic carbocycles. The van der Waals surface area contributed by atoms with Crippen molar-refractivity contribution >= 4 is 5.78 Å². The lowest BCUT2D eigenvalue weighted by Gasteiger charge is -2.29. The van der Waals surface area contributed by atoms with Crippen molar-refractivity contribution in [3.05, 3.63) is 0 Å². The molecule has 2 unspecified atom stereocenters. The molecule has 0 amide bonds. The molecule has 1 nitrogen and oxygen atoms in total. The Hall–Kier alpha value is -0.330. The van der Waals surface area contributed by atoms with Gasteiger partial charge in [-0.25, -0.2) is 0 Å². The van der Waals surface area contributed by atoms with Crippen molar-refractivity contribution in [1.29, 1.82) is 0 Å². The smallest absolute Gasteiger partial charge is 0.136 e. The van der Waals surface area contributed by atoms with Gasteiger partial charge in [0.2, 0.25) is 0 Å². The fourth-order valence-electron chi connectivity index (χ4n) is 3.80. The van der Waals surface area contributed by atoms with Crippen LogP contribution in [0.1, 0.15) is 77.6 Å². The first-order valence-electron chi connectivity index (χ1n) is 7.82. The average molecular weight is 236 g/mol. The normalized spacial score (nSPS) is 31.4. The predicted octanol–water partition coefficient (Wildman–Crippen LogP) is 4.74. The Bertz CT molecular complexity index is 240. The summed E-state index contributed by atoms with van der Waals surface area (Å²) in [5.41, 5.74) is 0. The minimum Gasteiger partial charge on any atom is -0.299 e. The van der Waals surface area contributed by atoms with E-state index in [1.807, 2.05) is 0 Å². The zero-order chi connectivity index (χ0) is 12.1. The summed E-state index contributed by atoms with van der Waals surface area (Å²) in [5, 5.41) is 0. The van der Waals surface area contributed by atoms with Crippen LogP contribution in [0.4, 0.5) is 0 Å². The van der Waals surface area contributed by atoms with E-state index in [0.29, 0.717) is 11.7 Å². The topological polar surface area (TPSA) is 17.1 Å². The lowest BCUT2D eigenvalue weighted by atomic mass is 9.75. The molecule has 1 heteroatoms. The number of hydrogen-bond donors (Lipinski definition) is 0. The van der Waals surface area contributed by atoms with Crippen LogP contribution in [-0.2, 0) is 4.79 Å². The van der Waals surface area contributed by atoms with Crippen LogP contribution < -0.4 is 0 Å². The second-order valence-electron chi connectivity index (χ2n) is 6.31. The summed E-state index contributed by atoms with van der Waals surface area (Å²) in [5.74, 6) is 2.60. The van der Waals surface area contributed by atoms with E-state index >= 15 is 0 Å². The molecule has 2 aliphatic rings.